The van der Waals surface area contributed by atoms with Gasteiger partial charge >= 0.3 is 12.1 Å². The van der Waals surface area contributed by atoms with Gasteiger partial charge in [-0.2, -0.15) is 0 Å². The number of ether oxygens (including phenoxy) is 2. The molecule has 0 fully saturated rings. The van der Waals surface area contributed by atoms with Crippen LogP contribution in [0.1, 0.15) is 39.0 Å². The Morgan fingerprint density at radius 1 is 1.16 bits per heavy atom. The monoisotopic (exact) mass is 474 g/mol. The third kappa shape index (κ3) is 5.35. The summed E-state index contributed by atoms with van der Waals surface area (Å²) in [5, 5.41) is 10.7. The van der Waals surface area contributed by atoms with Gasteiger partial charge in [-0.05, 0) is 51.1 Å². The quantitative estimate of drug-likeness (QED) is 0.223. The normalized spacial score (nSPS) is 10.6. The topological polar surface area (TPSA) is 112 Å². The van der Waals surface area contributed by atoms with Crippen molar-refractivity contribution in [2.75, 3.05) is 24.8 Å². The molecule has 0 aliphatic heterocycles. The van der Waals surface area contributed by atoms with Crippen LogP contribution in [0.5, 0.6) is 0 Å². The maximum Gasteiger partial charge on any atom is 0.413 e. The van der Waals surface area contributed by atoms with E-state index in [9.17, 15) is 14.4 Å². The van der Waals surface area contributed by atoms with E-state index in [0.717, 1.165) is 17.1 Å². The molecule has 0 aliphatic carbocycles. The molecule has 2 heterocycles. The number of nitrogens with zero attached hydrogens (tertiary/aromatic N) is 3. The minimum atomic E-state index is -0.594. The molecule has 1 amide bonds. The third-order valence-corrected chi connectivity index (χ3v) is 6.47. The van der Waals surface area contributed by atoms with Crippen LogP contribution >= 0.6 is 23.1 Å². The number of hydrogen-bond donors (Lipinski definition) is 1. The van der Waals surface area contributed by atoms with Gasteiger partial charge in [-0.3, -0.25) is 10.1 Å². The smallest absolute Gasteiger partial charge is 0.413 e. The number of hydrogen-bond acceptors (Lipinski definition) is 9. The molecule has 9 nitrogen and oxygen atoms in total. The number of Topliss-reactive ketones (excluding diaryl/α,β-unsaturated/α-hetero) is 1. The molecule has 0 saturated heterocycles. The van der Waals surface area contributed by atoms with E-state index in [2.05, 4.69) is 15.5 Å². The fraction of sp³-hybridized carbons (Fsp3) is 0.286. The molecule has 2 aromatic heterocycles. The highest BCUT2D eigenvalue weighted by molar-refractivity contribution is 8.01. The lowest BCUT2D eigenvalue weighted by Gasteiger charge is -2.10. The highest BCUT2D eigenvalue weighted by Gasteiger charge is 2.18. The largest absolute Gasteiger partial charge is 0.465 e. The first-order chi connectivity index (χ1) is 15.3. The molecule has 1 N–H and O–H groups in total. The van der Waals surface area contributed by atoms with Gasteiger partial charge in [0, 0.05) is 22.6 Å². The summed E-state index contributed by atoms with van der Waals surface area (Å²) >= 11 is 2.43. The second-order valence-electron chi connectivity index (χ2n) is 6.59. The van der Waals surface area contributed by atoms with Gasteiger partial charge in [-0.1, -0.05) is 23.1 Å². The Balaban J connectivity index is 1.69. The van der Waals surface area contributed by atoms with Gasteiger partial charge in [0.05, 0.1) is 25.0 Å². The minimum Gasteiger partial charge on any atom is -0.465 e. The van der Waals surface area contributed by atoms with Crippen molar-refractivity contribution in [1.29, 1.82) is 0 Å². The summed E-state index contributed by atoms with van der Waals surface area (Å²) in [6.45, 7) is 5.77. The molecule has 32 heavy (non-hydrogen) atoms. The number of amides is 1. The van der Waals surface area contributed by atoms with Gasteiger partial charge < -0.3 is 14.0 Å². The van der Waals surface area contributed by atoms with Gasteiger partial charge in [0.25, 0.3) is 0 Å². The van der Waals surface area contributed by atoms with E-state index < -0.39 is 12.1 Å². The Kier molecular flexibility index (Phi) is 7.65. The van der Waals surface area contributed by atoms with Crippen LogP contribution in [0.2, 0.25) is 0 Å². The van der Waals surface area contributed by atoms with E-state index >= 15 is 0 Å². The van der Waals surface area contributed by atoms with Crippen molar-refractivity contribution in [3.63, 3.8) is 0 Å². The summed E-state index contributed by atoms with van der Waals surface area (Å²) < 4.78 is 12.1. The number of carbonyl (C=O) groups is 3. The summed E-state index contributed by atoms with van der Waals surface area (Å²) in [5.74, 6) is -0.266. The summed E-state index contributed by atoms with van der Waals surface area (Å²) in [6.07, 6.45) is -0.594. The van der Waals surface area contributed by atoms with Crippen LogP contribution in [0.3, 0.4) is 0 Å². The van der Waals surface area contributed by atoms with Gasteiger partial charge in [0.15, 0.2) is 10.1 Å². The van der Waals surface area contributed by atoms with E-state index in [1.165, 1.54) is 30.2 Å². The SMILES string of the molecule is CCOC(=O)Nc1nnc(SCC(=O)c2cc(C)n(-c3ccc(C(=O)OC)cc3)c2C)s1. The van der Waals surface area contributed by atoms with Crippen LogP contribution in [0.4, 0.5) is 9.93 Å². The maximum atomic E-state index is 12.9. The number of aryl methyl sites for hydroxylation is 1. The Morgan fingerprint density at radius 3 is 2.53 bits per heavy atom. The lowest BCUT2D eigenvalue weighted by molar-refractivity contribution is 0.0600. The van der Waals surface area contributed by atoms with Crippen molar-refractivity contribution in [1.82, 2.24) is 14.8 Å². The number of esters is 1. The number of benzene rings is 1. The van der Waals surface area contributed by atoms with E-state index in [4.69, 9.17) is 9.47 Å². The predicted molar refractivity (Wildman–Crippen MR) is 122 cm³/mol. The number of methoxy groups -OCH3 is 1. The van der Waals surface area contributed by atoms with Gasteiger partial charge in [-0.25, -0.2) is 9.59 Å². The fourth-order valence-corrected chi connectivity index (χ4v) is 4.71. The van der Waals surface area contributed by atoms with Crippen LogP contribution < -0.4 is 5.32 Å². The standard InChI is InChI=1S/C21H22N4O5S2/c1-5-30-20(28)22-19-23-24-21(32-19)31-11-17(26)16-10-12(2)25(13(16)3)15-8-6-14(7-9-15)18(27)29-4/h6-10H,5,11H2,1-4H3,(H,22,23,28). The van der Waals surface area contributed by atoms with Crippen LogP contribution in [-0.4, -0.2) is 52.1 Å². The molecule has 0 saturated carbocycles. The molecule has 0 spiro atoms. The van der Waals surface area contributed by atoms with Gasteiger partial charge in [-0.15, -0.1) is 10.2 Å². The van der Waals surface area contributed by atoms with Crippen molar-refractivity contribution in [2.45, 2.75) is 25.1 Å². The van der Waals surface area contributed by atoms with Gasteiger partial charge in [0.2, 0.25) is 5.13 Å². The maximum absolute atomic E-state index is 12.9. The highest BCUT2D eigenvalue weighted by Crippen LogP contribution is 2.28. The minimum absolute atomic E-state index is 0.0457. The highest BCUT2D eigenvalue weighted by atomic mass is 32.2. The Bertz CT molecular complexity index is 1140. The average Bonchev–Trinajstić information content (AvgIpc) is 3.35. The van der Waals surface area contributed by atoms with Crippen molar-refractivity contribution >= 4 is 46.1 Å². The zero-order valence-electron chi connectivity index (χ0n) is 18.0. The number of aromatic nitrogens is 3. The number of rotatable bonds is 8. The summed E-state index contributed by atoms with van der Waals surface area (Å²) in [6, 6.07) is 8.85. The zero-order chi connectivity index (χ0) is 23.3. The number of anilines is 1. The lowest BCUT2D eigenvalue weighted by atomic mass is 10.2. The molecule has 3 rings (SSSR count). The third-order valence-electron chi connectivity index (χ3n) is 4.50. The second-order valence-corrected chi connectivity index (χ2v) is 8.79. The Hall–Kier alpha value is -3.18. The molecular weight excluding hydrogens is 452 g/mol. The predicted octanol–water partition coefficient (Wildman–Crippen LogP) is 4.28. The molecule has 11 heteroatoms. The average molecular weight is 475 g/mol. The zero-order valence-corrected chi connectivity index (χ0v) is 19.6. The van der Waals surface area contributed by atoms with E-state index in [1.54, 1.807) is 19.1 Å². The van der Waals surface area contributed by atoms with Crippen LogP contribution in [0.15, 0.2) is 34.7 Å². The molecular formula is C21H22N4O5S2. The van der Waals surface area contributed by atoms with Crippen molar-refractivity contribution in [2.24, 2.45) is 0 Å². The number of nitrogens with one attached hydrogen (secondary N) is 1. The van der Waals surface area contributed by atoms with E-state index in [-0.39, 0.29) is 18.1 Å². The van der Waals surface area contributed by atoms with Crippen molar-refractivity contribution < 1.29 is 23.9 Å². The van der Waals surface area contributed by atoms with Crippen molar-refractivity contribution in [3.8, 4) is 5.69 Å². The molecule has 0 bridgehead atoms. The second kappa shape index (κ2) is 10.4. The molecule has 0 radical (unpaired) electrons. The summed E-state index contributed by atoms with van der Waals surface area (Å²) in [4.78, 5) is 36.0. The first kappa shape index (κ1) is 23.5. The summed E-state index contributed by atoms with van der Waals surface area (Å²) in [7, 11) is 1.34. The molecule has 0 atom stereocenters. The Morgan fingerprint density at radius 2 is 1.88 bits per heavy atom. The molecule has 168 valence electrons. The molecule has 0 aliphatic rings. The number of thioether (sulfide) groups is 1. The lowest BCUT2D eigenvalue weighted by Crippen LogP contribution is -2.12. The van der Waals surface area contributed by atoms with E-state index in [0.29, 0.717) is 20.6 Å². The Labute approximate surface area is 193 Å². The van der Waals surface area contributed by atoms with Crippen LogP contribution in [-0.2, 0) is 9.47 Å². The van der Waals surface area contributed by atoms with Gasteiger partial charge in [0.1, 0.15) is 0 Å². The first-order valence-electron chi connectivity index (χ1n) is 9.65. The summed E-state index contributed by atoms with van der Waals surface area (Å²) in [5.41, 5.74) is 3.62. The molecule has 0 unspecified atom stereocenters. The first-order valence-corrected chi connectivity index (χ1v) is 11.4. The van der Waals surface area contributed by atoms with Crippen LogP contribution in [0, 0.1) is 13.8 Å². The molecule has 3 aromatic rings. The van der Waals surface area contributed by atoms with E-state index in [1.807, 2.05) is 36.6 Å². The number of carbonyl (C=O) groups excluding carboxylic acids is 3. The number of ketones is 1. The van der Waals surface area contributed by atoms with Crippen LogP contribution in [0.25, 0.3) is 5.69 Å². The van der Waals surface area contributed by atoms with Crippen molar-refractivity contribution in [3.05, 3.63) is 52.8 Å². The molecule has 1 aromatic carbocycles. The fourth-order valence-electron chi connectivity index (χ4n) is 3.08.